The number of nitrogens with one attached hydrogen (secondary N) is 1. The van der Waals surface area contributed by atoms with E-state index in [1.54, 1.807) is 6.08 Å². The predicted molar refractivity (Wildman–Crippen MR) is 101 cm³/mol. The summed E-state index contributed by atoms with van der Waals surface area (Å²) in [7, 11) is 0. The predicted octanol–water partition coefficient (Wildman–Crippen LogP) is 1.30. The average molecular weight is 357 g/mol. The molecule has 0 bridgehead atoms. The van der Waals surface area contributed by atoms with Crippen molar-refractivity contribution < 1.29 is 14.3 Å². The quantitative estimate of drug-likeness (QED) is 0.807. The van der Waals surface area contributed by atoms with Gasteiger partial charge in [-0.1, -0.05) is 6.07 Å². The second-order valence-electron chi connectivity index (χ2n) is 7.12. The van der Waals surface area contributed by atoms with Gasteiger partial charge < -0.3 is 15.0 Å². The molecule has 1 fully saturated rings. The van der Waals surface area contributed by atoms with Crippen molar-refractivity contribution in [2.24, 2.45) is 0 Å². The van der Waals surface area contributed by atoms with Crippen molar-refractivity contribution in [3.63, 3.8) is 0 Å². The fraction of sp³-hybridized carbons (Fsp3) is 0.500. The molecule has 2 aliphatic heterocycles. The van der Waals surface area contributed by atoms with E-state index in [0.717, 1.165) is 37.4 Å². The first-order valence-corrected chi connectivity index (χ1v) is 9.25. The molecule has 2 heterocycles. The van der Waals surface area contributed by atoms with Gasteiger partial charge in [0.2, 0.25) is 11.8 Å². The second-order valence-corrected chi connectivity index (χ2v) is 7.12. The van der Waals surface area contributed by atoms with E-state index in [1.807, 2.05) is 37.0 Å². The van der Waals surface area contributed by atoms with Crippen LogP contribution in [0.5, 0.6) is 5.75 Å². The van der Waals surface area contributed by atoms with Crippen molar-refractivity contribution in [2.45, 2.75) is 26.3 Å². The molecule has 140 valence electrons. The molecule has 2 aliphatic rings. The molecule has 0 radical (unpaired) electrons. The Morgan fingerprint density at radius 1 is 1.23 bits per heavy atom. The van der Waals surface area contributed by atoms with E-state index in [2.05, 4.69) is 16.3 Å². The number of rotatable bonds is 5. The van der Waals surface area contributed by atoms with Crippen molar-refractivity contribution in [2.75, 3.05) is 39.3 Å². The minimum absolute atomic E-state index is 0.0213. The number of benzene rings is 1. The molecule has 0 spiro atoms. The third kappa shape index (κ3) is 4.85. The van der Waals surface area contributed by atoms with Crippen molar-refractivity contribution >= 4 is 17.9 Å². The monoisotopic (exact) mass is 357 g/mol. The van der Waals surface area contributed by atoms with Gasteiger partial charge in [0.05, 0.1) is 13.2 Å². The zero-order valence-corrected chi connectivity index (χ0v) is 15.5. The first-order valence-electron chi connectivity index (χ1n) is 9.25. The SMILES string of the molecule is CC(C)NC(=O)CN1CCN(C(=O)/C=C/c2ccc3c(c2)CCO3)CC1. The molecule has 0 atom stereocenters. The molecule has 6 heteroatoms. The number of amides is 2. The molecule has 2 amide bonds. The maximum atomic E-state index is 12.4. The van der Waals surface area contributed by atoms with Crippen molar-refractivity contribution in [1.82, 2.24) is 15.1 Å². The summed E-state index contributed by atoms with van der Waals surface area (Å²) in [5, 5.41) is 2.90. The van der Waals surface area contributed by atoms with E-state index in [1.165, 1.54) is 5.56 Å². The highest BCUT2D eigenvalue weighted by Crippen LogP contribution is 2.26. The average Bonchev–Trinajstić information content (AvgIpc) is 3.07. The third-order valence-corrected chi connectivity index (χ3v) is 4.63. The summed E-state index contributed by atoms with van der Waals surface area (Å²) in [6.45, 7) is 7.78. The summed E-state index contributed by atoms with van der Waals surface area (Å²) in [4.78, 5) is 28.1. The number of hydrogen-bond acceptors (Lipinski definition) is 4. The molecule has 1 N–H and O–H groups in total. The maximum Gasteiger partial charge on any atom is 0.246 e. The van der Waals surface area contributed by atoms with Crippen LogP contribution < -0.4 is 10.1 Å². The summed E-state index contributed by atoms with van der Waals surface area (Å²) in [5.74, 6) is 1.01. The van der Waals surface area contributed by atoms with Crippen LogP contribution in [0.1, 0.15) is 25.0 Å². The highest BCUT2D eigenvalue weighted by molar-refractivity contribution is 5.92. The lowest BCUT2D eigenvalue weighted by molar-refractivity contribution is -0.128. The standard InChI is InChI=1S/C20H27N3O3/c1-15(2)21-19(24)14-22-8-10-23(11-9-22)20(25)6-4-16-3-5-18-17(13-16)7-12-26-18/h3-6,13,15H,7-12,14H2,1-2H3,(H,21,24)/b6-4+. The number of hydrogen-bond donors (Lipinski definition) is 1. The molecule has 1 saturated heterocycles. The largest absolute Gasteiger partial charge is 0.493 e. The van der Waals surface area contributed by atoms with E-state index in [9.17, 15) is 9.59 Å². The van der Waals surface area contributed by atoms with Crippen molar-refractivity contribution in [3.8, 4) is 5.75 Å². The molecular formula is C20H27N3O3. The van der Waals surface area contributed by atoms with Crippen molar-refractivity contribution in [3.05, 3.63) is 35.4 Å². The summed E-state index contributed by atoms with van der Waals surface area (Å²) >= 11 is 0. The van der Waals surface area contributed by atoms with Gasteiger partial charge in [0.15, 0.2) is 0 Å². The summed E-state index contributed by atoms with van der Waals surface area (Å²) < 4.78 is 5.50. The Labute approximate surface area is 154 Å². The molecular weight excluding hydrogens is 330 g/mol. The van der Waals surface area contributed by atoms with Crippen LogP contribution >= 0.6 is 0 Å². The van der Waals surface area contributed by atoms with Gasteiger partial charge in [0.1, 0.15) is 5.75 Å². The molecule has 0 aromatic heterocycles. The van der Waals surface area contributed by atoms with Crippen LogP contribution in [0.3, 0.4) is 0 Å². The lowest BCUT2D eigenvalue weighted by Gasteiger charge is -2.33. The number of nitrogens with zero attached hydrogens (tertiary/aromatic N) is 2. The summed E-state index contributed by atoms with van der Waals surface area (Å²) in [6.07, 6.45) is 4.43. The van der Waals surface area contributed by atoms with Crippen molar-refractivity contribution in [1.29, 1.82) is 0 Å². The van der Waals surface area contributed by atoms with Crippen LogP contribution in [0.4, 0.5) is 0 Å². The van der Waals surface area contributed by atoms with E-state index < -0.39 is 0 Å². The highest BCUT2D eigenvalue weighted by Gasteiger charge is 2.21. The molecule has 3 rings (SSSR count). The highest BCUT2D eigenvalue weighted by atomic mass is 16.5. The summed E-state index contributed by atoms with van der Waals surface area (Å²) in [6, 6.07) is 6.17. The van der Waals surface area contributed by atoms with Crippen LogP contribution in [0.15, 0.2) is 24.3 Å². The van der Waals surface area contributed by atoms with Gasteiger partial charge in [-0.15, -0.1) is 0 Å². The molecule has 6 nitrogen and oxygen atoms in total. The van der Waals surface area contributed by atoms with Crippen LogP contribution in [0, 0.1) is 0 Å². The Hall–Kier alpha value is -2.34. The van der Waals surface area contributed by atoms with E-state index in [4.69, 9.17) is 4.74 Å². The second kappa shape index (κ2) is 8.36. The molecule has 1 aromatic carbocycles. The lowest BCUT2D eigenvalue weighted by Crippen LogP contribution is -2.51. The molecule has 0 saturated carbocycles. The number of fused-ring (bicyclic) bond motifs is 1. The van der Waals surface area contributed by atoms with Crippen LogP contribution in [-0.4, -0.2) is 67.0 Å². The fourth-order valence-electron chi connectivity index (χ4n) is 3.28. The lowest BCUT2D eigenvalue weighted by atomic mass is 10.1. The minimum atomic E-state index is 0.0213. The first kappa shape index (κ1) is 18.5. The Morgan fingerprint density at radius 3 is 2.73 bits per heavy atom. The Balaban J connectivity index is 1.47. The van der Waals surface area contributed by atoms with Gasteiger partial charge in [-0.3, -0.25) is 14.5 Å². The van der Waals surface area contributed by atoms with Gasteiger partial charge in [-0.25, -0.2) is 0 Å². The smallest absolute Gasteiger partial charge is 0.246 e. The normalized spacial score (nSPS) is 17.4. The zero-order chi connectivity index (χ0) is 18.5. The molecule has 26 heavy (non-hydrogen) atoms. The maximum absolute atomic E-state index is 12.4. The number of ether oxygens (including phenoxy) is 1. The number of carbonyl (C=O) groups is 2. The van der Waals surface area contributed by atoms with Gasteiger partial charge in [0.25, 0.3) is 0 Å². The van der Waals surface area contributed by atoms with Crippen LogP contribution in [0.2, 0.25) is 0 Å². The van der Waals surface area contributed by atoms with Gasteiger partial charge in [-0.2, -0.15) is 0 Å². The van der Waals surface area contributed by atoms with Crippen LogP contribution in [0.25, 0.3) is 6.08 Å². The van der Waals surface area contributed by atoms with Crippen LogP contribution in [-0.2, 0) is 16.0 Å². The van der Waals surface area contributed by atoms with Gasteiger partial charge >= 0.3 is 0 Å². The van der Waals surface area contributed by atoms with Gasteiger partial charge in [-0.05, 0) is 43.2 Å². The van der Waals surface area contributed by atoms with E-state index in [-0.39, 0.29) is 17.9 Å². The number of piperazine rings is 1. The first-order chi connectivity index (χ1) is 12.5. The topological polar surface area (TPSA) is 61.9 Å². The molecule has 1 aromatic rings. The fourth-order valence-corrected chi connectivity index (χ4v) is 3.28. The van der Waals surface area contributed by atoms with E-state index in [0.29, 0.717) is 19.6 Å². The minimum Gasteiger partial charge on any atom is -0.493 e. The summed E-state index contributed by atoms with van der Waals surface area (Å²) in [5.41, 5.74) is 2.22. The Kier molecular flexibility index (Phi) is 5.93. The zero-order valence-electron chi connectivity index (χ0n) is 15.5. The molecule has 0 unspecified atom stereocenters. The Morgan fingerprint density at radius 2 is 2.00 bits per heavy atom. The Bertz CT molecular complexity index is 692. The van der Waals surface area contributed by atoms with Gasteiger partial charge in [0, 0.05) is 44.7 Å². The third-order valence-electron chi connectivity index (χ3n) is 4.63. The molecule has 0 aliphatic carbocycles. The number of carbonyl (C=O) groups excluding carboxylic acids is 2. The van der Waals surface area contributed by atoms with E-state index >= 15 is 0 Å².